The average Bonchev–Trinajstić information content (AvgIpc) is 2.90. The van der Waals surface area contributed by atoms with Crippen molar-refractivity contribution in [1.82, 2.24) is 4.90 Å². The largest absolute Gasteiger partial charge is 0.488 e. The van der Waals surface area contributed by atoms with Gasteiger partial charge in [0.2, 0.25) is 0 Å². The lowest BCUT2D eigenvalue weighted by atomic mass is 10.2. The normalized spacial score (nSPS) is 15.7. The molecular formula is C20H17BrFNO3S. The monoisotopic (exact) mass is 449 g/mol. The van der Waals surface area contributed by atoms with Crippen molar-refractivity contribution in [2.75, 3.05) is 6.54 Å². The van der Waals surface area contributed by atoms with E-state index in [2.05, 4.69) is 15.9 Å². The Morgan fingerprint density at radius 1 is 1.19 bits per heavy atom. The number of benzene rings is 2. The predicted octanol–water partition coefficient (Wildman–Crippen LogP) is 5.61. The van der Waals surface area contributed by atoms with Gasteiger partial charge in [-0.25, -0.2) is 4.39 Å². The number of amides is 2. The van der Waals surface area contributed by atoms with E-state index in [1.54, 1.807) is 24.3 Å². The van der Waals surface area contributed by atoms with Crippen LogP contribution >= 0.6 is 27.7 Å². The first kappa shape index (κ1) is 19.6. The molecule has 0 N–H and O–H groups in total. The van der Waals surface area contributed by atoms with Crippen LogP contribution in [0.1, 0.15) is 24.5 Å². The van der Waals surface area contributed by atoms with Gasteiger partial charge >= 0.3 is 0 Å². The van der Waals surface area contributed by atoms with E-state index < -0.39 is 0 Å². The van der Waals surface area contributed by atoms with Crippen molar-refractivity contribution < 1.29 is 18.7 Å². The maximum atomic E-state index is 12.9. The summed E-state index contributed by atoms with van der Waals surface area (Å²) in [5.41, 5.74) is 1.65. The molecule has 0 saturated carbocycles. The van der Waals surface area contributed by atoms with Crippen LogP contribution in [0.15, 0.2) is 51.8 Å². The van der Waals surface area contributed by atoms with Gasteiger partial charge in [-0.1, -0.05) is 25.1 Å². The molecule has 3 rings (SSSR count). The van der Waals surface area contributed by atoms with Gasteiger partial charge in [-0.15, -0.1) is 0 Å². The zero-order valence-corrected chi connectivity index (χ0v) is 17.0. The van der Waals surface area contributed by atoms with Gasteiger partial charge in [0.05, 0.1) is 9.38 Å². The third-order valence-corrected chi connectivity index (χ3v) is 5.41. The van der Waals surface area contributed by atoms with Crippen LogP contribution in [0.25, 0.3) is 6.08 Å². The quantitative estimate of drug-likeness (QED) is 0.537. The smallest absolute Gasteiger partial charge is 0.293 e. The van der Waals surface area contributed by atoms with Gasteiger partial charge < -0.3 is 4.74 Å². The zero-order valence-electron chi connectivity index (χ0n) is 14.6. The number of carbonyl (C=O) groups excluding carboxylic acids is 2. The van der Waals surface area contributed by atoms with Crippen molar-refractivity contribution in [1.29, 1.82) is 0 Å². The van der Waals surface area contributed by atoms with Crippen LogP contribution in [0.5, 0.6) is 5.75 Å². The van der Waals surface area contributed by atoms with Crippen molar-refractivity contribution in [2.45, 2.75) is 20.0 Å². The van der Waals surface area contributed by atoms with Gasteiger partial charge in [0.1, 0.15) is 18.2 Å². The highest BCUT2D eigenvalue weighted by molar-refractivity contribution is 9.10. The summed E-state index contributed by atoms with van der Waals surface area (Å²) in [4.78, 5) is 25.9. The molecule has 2 aromatic rings. The molecule has 1 heterocycles. The lowest BCUT2D eigenvalue weighted by Gasteiger charge is -2.10. The Hall–Kier alpha value is -2.12. The van der Waals surface area contributed by atoms with Gasteiger partial charge in [-0.2, -0.15) is 0 Å². The second-order valence-electron chi connectivity index (χ2n) is 5.94. The number of hydrogen-bond acceptors (Lipinski definition) is 4. The van der Waals surface area contributed by atoms with Crippen LogP contribution < -0.4 is 4.74 Å². The first-order valence-electron chi connectivity index (χ1n) is 8.40. The van der Waals surface area contributed by atoms with Crippen LogP contribution in [-0.2, 0) is 11.4 Å². The van der Waals surface area contributed by atoms with E-state index >= 15 is 0 Å². The van der Waals surface area contributed by atoms with Gasteiger partial charge in [0, 0.05) is 6.54 Å². The molecule has 0 aliphatic carbocycles. The minimum Gasteiger partial charge on any atom is -0.488 e. The lowest BCUT2D eigenvalue weighted by molar-refractivity contribution is -0.122. The van der Waals surface area contributed by atoms with Crippen molar-refractivity contribution in [3.05, 3.63) is 68.8 Å². The van der Waals surface area contributed by atoms with Crippen LogP contribution in [0, 0.1) is 5.82 Å². The Kier molecular flexibility index (Phi) is 6.34. The van der Waals surface area contributed by atoms with Crippen LogP contribution in [0.4, 0.5) is 9.18 Å². The summed E-state index contributed by atoms with van der Waals surface area (Å²) in [6.45, 7) is 2.67. The lowest BCUT2D eigenvalue weighted by Crippen LogP contribution is -2.28. The molecule has 0 bridgehead atoms. The predicted molar refractivity (Wildman–Crippen MR) is 108 cm³/mol. The molecule has 0 spiro atoms. The van der Waals surface area contributed by atoms with Crippen molar-refractivity contribution >= 4 is 44.9 Å². The minimum absolute atomic E-state index is 0.230. The number of imide groups is 1. The molecule has 1 aliphatic heterocycles. The standard InChI is InChI=1S/C20H17BrFNO3S/c1-2-9-23-19(24)18(27-20(23)25)11-14-5-8-17(16(21)10-14)26-12-13-3-6-15(22)7-4-13/h3-8,10-11H,2,9,12H2,1H3/b18-11+. The molecule has 4 nitrogen and oxygen atoms in total. The molecule has 2 aromatic carbocycles. The first-order chi connectivity index (χ1) is 13.0. The maximum Gasteiger partial charge on any atom is 0.293 e. The molecule has 1 fully saturated rings. The van der Waals surface area contributed by atoms with E-state index in [-0.39, 0.29) is 17.0 Å². The molecule has 0 unspecified atom stereocenters. The fourth-order valence-corrected chi connectivity index (χ4v) is 3.91. The zero-order chi connectivity index (χ0) is 19.4. The highest BCUT2D eigenvalue weighted by Crippen LogP contribution is 2.34. The molecule has 2 amide bonds. The van der Waals surface area contributed by atoms with E-state index in [4.69, 9.17) is 4.74 Å². The van der Waals surface area contributed by atoms with E-state index in [9.17, 15) is 14.0 Å². The van der Waals surface area contributed by atoms with Crippen LogP contribution in [-0.4, -0.2) is 22.6 Å². The number of carbonyl (C=O) groups is 2. The molecule has 0 atom stereocenters. The third kappa shape index (κ3) is 4.78. The van der Waals surface area contributed by atoms with E-state index in [1.807, 2.05) is 19.1 Å². The van der Waals surface area contributed by atoms with Crippen molar-refractivity contribution in [3.8, 4) is 5.75 Å². The fraction of sp³-hybridized carbons (Fsp3) is 0.200. The second kappa shape index (κ2) is 8.71. The van der Waals surface area contributed by atoms with E-state index in [0.717, 1.165) is 33.8 Å². The SMILES string of the molecule is CCCN1C(=O)S/C(=C/c2ccc(OCc3ccc(F)cc3)c(Br)c2)C1=O. The molecule has 0 aromatic heterocycles. The molecule has 140 valence electrons. The summed E-state index contributed by atoms with van der Waals surface area (Å²) in [7, 11) is 0. The Morgan fingerprint density at radius 2 is 1.93 bits per heavy atom. The van der Waals surface area contributed by atoms with Crippen LogP contribution in [0.2, 0.25) is 0 Å². The third-order valence-electron chi connectivity index (χ3n) is 3.88. The molecule has 0 radical (unpaired) electrons. The maximum absolute atomic E-state index is 12.9. The molecular weight excluding hydrogens is 433 g/mol. The van der Waals surface area contributed by atoms with E-state index in [1.165, 1.54) is 17.0 Å². The van der Waals surface area contributed by atoms with Gasteiger partial charge in [0.15, 0.2) is 0 Å². The Labute approximate surface area is 169 Å². The average molecular weight is 450 g/mol. The minimum atomic E-state index is -0.285. The summed E-state index contributed by atoms with van der Waals surface area (Å²) in [5.74, 6) is 0.0998. The summed E-state index contributed by atoms with van der Waals surface area (Å²) in [5, 5.41) is -0.230. The summed E-state index contributed by atoms with van der Waals surface area (Å²) in [6, 6.07) is 11.6. The Bertz CT molecular complexity index is 899. The second-order valence-corrected chi connectivity index (χ2v) is 7.79. The number of halogens is 2. The molecule has 7 heteroatoms. The molecule has 1 aliphatic rings. The van der Waals surface area contributed by atoms with Gasteiger partial charge in [-0.3, -0.25) is 14.5 Å². The topological polar surface area (TPSA) is 46.6 Å². The van der Waals surface area contributed by atoms with Gasteiger partial charge in [0.25, 0.3) is 11.1 Å². The van der Waals surface area contributed by atoms with Crippen molar-refractivity contribution in [2.24, 2.45) is 0 Å². The van der Waals surface area contributed by atoms with Crippen molar-refractivity contribution in [3.63, 3.8) is 0 Å². The molecule has 1 saturated heterocycles. The highest BCUT2D eigenvalue weighted by atomic mass is 79.9. The number of hydrogen-bond donors (Lipinski definition) is 0. The highest BCUT2D eigenvalue weighted by Gasteiger charge is 2.34. The fourth-order valence-electron chi connectivity index (χ4n) is 2.53. The number of rotatable bonds is 6. The van der Waals surface area contributed by atoms with E-state index in [0.29, 0.717) is 23.8 Å². The summed E-state index contributed by atoms with van der Waals surface area (Å²) >= 11 is 4.42. The first-order valence-corrected chi connectivity index (χ1v) is 10.0. The Morgan fingerprint density at radius 3 is 2.59 bits per heavy atom. The number of nitrogens with zero attached hydrogens (tertiary/aromatic N) is 1. The number of ether oxygens (including phenoxy) is 1. The van der Waals surface area contributed by atoms with Gasteiger partial charge in [-0.05, 0) is 75.6 Å². The number of thioether (sulfide) groups is 1. The van der Waals surface area contributed by atoms with Crippen LogP contribution in [0.3, 0.4) is 0 Å². The summed E-state index contributed by atoms with van der Waals surface area (Å²) in [6.07, 6.45) is 2.44. The Balaban J connectivity index is 1.70. The molecule has 27 heavy (non-hydrogen) atoms. The summed E-state index contributed by atoms with van der Waals surface area (Å²) < 4.78 is 19.4.